The van der Waals surface area contributed by atoms with Crippen molar-refractivity contribution in [3.63, 3.8) is 0 Å². The first-order valence-electron chi connectivity index (χ1n) is 6.08. The Morgan fingerprint density at radius 2 is 2.22 bits per heavy atom. The minimum absolute atomic E-state index is 0.119. The first kappa shape index (κ1) is 12.8. The lowest BCUT2D eigenvalue weighted by atomic mass is 10.3. The zero-order valence-electron chi connectivity index (χ0n) is 10.1. The molecule has 1 aliphatic heterocycles. The molecule has 1 heterocycles. The number of para-hydroxylation sites is 1. The Balaban J connectivity index is 1.75. The van der Waals surface area contributed by atoms with E-state index in [2.05, 4.69) is 0 Å². The van der Waals surface area contributed by atoms with Crippen molar-refractivity contribution in [2.45, 2.75) is 19.3 Å². The summed E-state index contributed by atoms with van der Waals surface area (Å²) in [4.78, 5) is 16.9. The molecule has 1 aliphatic rings. The van der Waals surface area contributed by atoms with Crippen LogP contribution in [0.1, 0.15) is 19.3 Å². The molecule has 0 atom stereocenters. The highest BCUT2D eigenvalue weighted by atomic mass is 19.1. The molecule has 0 N–H and O–H groups in total. The third kappa shape index (κ3) is 3.43. The smallest absolute Gasteiger partial charge is 0.249 e. The topological polar surface area (TPSA) is 38.8 Å². The average Bonchev–Trinajstić information content (AvgIpc) is 2.42. The van der Waals surface area contributed by atoms with Gasteiger partial charge in [-0.1, -0.05) is 12.1 Å². The monoisotopic (exact) mass is 253 g/mol. The Kier molecular flexibility index (Phi) is 4.52. The molecule has 2 rings (SSSR count). The lowest BCUT2D eigenvalue weighted by molar-refractivity contribution is -0.197. The maximum atomic E-state index is 13.2. The van der Waals surface area contributed by atoms with Crippen molar-refractivity contribution in [3.05, 3.63) is 30.1 Å². The van der Waals surface area contributed by atoms with Crippen LogP contribution >= 0.6 is 0 Å². The van der Waals surface area contributed by atoms with Crippen molar-refractivity contribution in [2.24, 2.45) is 0 Å². The van der Waals surface area contributed by atoms with Gasteiger partial charge in [0.05, 0.1) is 19.6 Å². The van der Waals surface area contributed by atoms with Crippen LogP contribution in [0.2, 0.25) is 0 Å². The second kappa shape index (κ2) is 6.35. The van der Waals surface area contributed by atoms with Crippen molar-refractivity contribution >= 4 is 5.91 Å². The van der Waals surface area contributed by atoms with Gasteiger partial charge in [0.15, 0.2) is 11.6 Å². The number of nitrogens with zero attached hydrogens (tertiary/aromatic N) is 1. The highest BCUT2D eigenvalue weighted by Gasteiger charge is 2.17. The van der Waals surface area contributed by atoms with E-state index in [1.807, 2.05) is 0 Å². The van der Waals surface area contributed by atoms with E-state index >= 15 is 0 Å². The second-order valence-corrected chi connectivity index (χ2v) is 4.07. The molecule has 98 valence electrons. The van der Waals surface area contributed by atoms with E-state index in [-0.39, 0.29) is 24.7 Å². The van der Waals surface area contributed by atoms with E-state index in [9.17, 15) is 9.18 Å². The van der Waals surface area contributed by atoms with Gasteiger partial charge in [-0.15, -0.1) is 0 Å². The summed E-state index contributed by atoms with van der Waals surface area (Å²) < 4.78 is 18.4. The summed E-state index contributed by atoms with van der Waals surface area (Å²) in [7, 11) is 0. The Bertz CT molecular complexity index is 405. The van der Waals surface area contributed by atoms with E-state index in [4.69, 9.17) is 9.57 Å². The Morgan fingerprint density at radius 3 is 2.94 bits per heavy atom. The lowest BCUT2D eigenvalue weighted by Gasteiger charge is -2.25. The van der Waals surface area contributed by atoms with Gasteiger partial charge in [-0.05, 0) is 25.0 Å². The van der Waals surface area contributed by atoms with E-state index in [0.29, 0.717) is 13.2 Å². The number of carbonyl (C=O) groups excluding carboxylic acids is 1. The maximum Gasteiger partial charge on any atom is 0.249 e. The van der Waals surface area contributed by atoms with Gasteiger partial charge >= 0.3 is 0 Å². The minimum Gasteiger partial charge on any atom is -0.490 e. The lowest BCUT2D eigenvalue weighted by Crippen LogP contribution is -2.36. The molecular weight excluding hydrogens is 237 g/mol. The zero-order chi connectivity index (χ0) is 12.8. The van der Waals surface area contributed by atoms with Crippen molar-refractivity contribution < 1.29 is 18.8 Å². The van der Waals surface area contributed by atoms with Gasteiger partial charge in [-0.2, -0.15) is 0 Å². The van der Waals surface area contributed by atoms with Gasteiger partial charge in [0.2, 0.25) is 5.91 Å². The Hall–Kier alpha value is -1.62. The van der Waals surface area contributed by atoms with Crippen LogP contribution in [0.4, 0.5) is 4.39 Å². The van der Waals surface area contributed by atoms with E-state index in [1.165, 1.54) is 17.2 Å². The number of halogens is 1. The molecule has 0 saturated carbocycles. The van der Waals surface area contributed by atoms with E-state index < -0.39 is 5.82 Å². The summed E-state index contributed by atoms with van der Waals surface area (Å²) in [6.45, 7) is 1.36. The van der Waals surface area contributed by atoms with Gasteiger partial charge in [-0.3, -0.25) is 9.63 Å². The van der Waals surface area contributed by atoms with Crippen LogP contribution < -0.4 is 4.74 Å². The highest BCUT2D eigenvalue weighted by molar-refractivity contribution is 5.75. The van der Waals surface area contributed by atoms with Crippen molar-refractivity contribution in [1.29, 1.82) is 0 Å². The minimum atomic E-state index is -0.417. The van der Waals surface area contributed by atoms with Gasteiger partial charge in [0.1, 0.15) is 0 Å². The van der Waals surface area contributed by atoms with Crippen LogP contribution in [0.25, 0.3) is 0 Å². The number of hydrogen-bond donors (Lipinski definition) is 0. The summed E-state index contributed by atoms with van der Waals surface area (Å²) >= 11 is 0. The number of ether oxygens (including phenoxy) is 1. The van der Waals surface area contributed by atoms with Crippen LogP contribution in [0.15, 0.2) is 24.3 Å². The molecule has 0 bridgehead atoms. The molecule has 1 fully saturated rings. The summed E-state index contributed by atoms with van der Waals surface area (Å²) in [6, 6.07) is 6.14. The predicted octanol–water partition coefficient (Wildman–Crippen LogP) is 2.15. The quantitative estimate of drug-likeness (QED) is 0.825. The first-order chi connectivity index (χ1) is 8.77. The van der Waals surface area contributed by atoms with Crippen LogP contribution in [0.5, 0.6) is 5.75 Å². The molecule has 0 radical (unpaired) electrons. The van der Waals surface area contributed by atoms with E-state index in [1.54, 1.807) is 12.1 Å². The molecule has 1 saturated heterocycles. The number of carbonyl (C=O) groups is 1. The molecule has 18 heavy (non-hydrogen) atoms. The van der Waals surface area contributed by atoms with Crippen LogP contribution in [-0.2, 0) is 9.63 Å². The predicted molar refractivity (Wildman–Crippen MR) is 63.4 cm³/mol. The number of rotatable bonds is 4. The van der Waals surface area contributed by atoms with Crippen LogP contribution in [0, 0.1) is 5.82 Å². The Morgan fingerprint density at radius 1 is 1.39 bits per heavy atom. The summed E-state index contributed by atoms with van der Waals surface area (Å²) in [6.07, 6.45) is 2.13. The third-order valence-electron chi connectivity index (χ3n) is 2.69. The second-order valence-electron chi connectivity index (χ2n) is 4.07. The molecule has 1 aromatic rings. The maximum absolute atomic E-state index is 13.2. The molecule has 4 nitrogen and oxygen atoms in total. The standard InChI is InChI=1S/C13H16FNO3/c14-11-5-1-2-6-12(11)17-10-7-13(16)15-8-3-4-9-18-15/h1-2,5-6H,3-4,7-10H2. The molecular formula is C13H16FNO3. The summed E-state index contributed by atoms with van der Waals surface area (Å²) in [5.74, 6) is -0.366. The van der Waals surface area contributed by atoms with Crippen LogP contribution in [0.3, 0.4) is 0 Å². The van der Waals surface area contributed by atoms with Crippen LogP contribution in [-0.4, -0.2) is 30.7 Å². The molecule has 0 spiro atoms. The fourth-order valence-electron chi connectivity index (χ4n) is 1.73. The largest absolute Gasteiger partial charge is 0.490 e. The highest BCUT2D eigenvalue weighted by Crippen LogP contribution is 2.15. The number of hydroxylamine groups is 2. The molecule has 0 aromatic heterocycles. The van der Waals surface area contributed by atoms with E-state index in [0.717, 1.165) is 12.8 Å². The Labute approximate surface area is 105 Å². The van der Waals surface area contributed by atoms with Crippen molar-refractivity contribution in [1.82, 2.24) is 5.06 Å². The van der Waals surface area contributed by atoms with Gasteiger partial charge in [0.25, 0.3) is 0 Å². The molecule has 5 heteroatoms. The summed E-state index contributed by atoms with van der Waals surface area (Å²) in [5, 5.41) is 1.37. The SMILES string of the molecule is O=C(CCOc1ccccc1F)N1CCCCO1. The normalized spacial score (nSPS) is 15.5. The molecule has 1 amide bonds. The van der Waals surface area contributed by atoms with Gasteiger partial charge in [0, 0.05) is 6.54 Å². The zero-order valence-corrected chi connectivity index (χ0v) is 10.1. The molecule has 1 aromatic carbocycles. The average molecular weight is 253 g/mol. The number of benzene rings is 1. The fourth-order valence-corrected chi connectivity index (χ4v) is 1.73. The van der Waals surface area contributed by atoms with Crippen molar-refractivity contribution in [3.8, 4) is 5.75 Å². The molecule has 0 aliphatic carbocycles. The summed E-state index contributed by atoms with van der Waals surface area (Å²) in [5.41, 5.74) is 0. The van der Waals surface area contributed by atoms with Crippen molar-refractivity contribution in [2.75, 3.05) is 19.8 Å². The number of amides is 1. The first-order valence-corrected chi connectivity index (χ1v) is 6.08. The number of hydrogen-bond acceptors (Lipinski definition) is 3. The third-order valence-corrected chi connectivity index (χ3v) is 2.69. The molecule has 0 unspecified atom stereocenters. The van der Waals surface area contributed by atoms with Gasteiger partial charge < -0.3 is 4.74 Å². The fraction of sp³-hybridized carbons (Fsp3) is 0.462. The van der Waals surface area contributed by atoms with Gasteiger partial charge in [-0.25, -0.2) is 9.45 Å².